The van der Waals surface area contributed by atoms with Crippen molar-refractivity contribution >= 4 is 26.7 Å². The van der Waals surface area contributed by atoms with E-state index in [1.165, 1.54) is 21.9 Å². The molecule has 21 heavy (non-hydrogen) atoms. The van der Waals surface area contributed by atoms with Crippen LogP contribution in [0.1, 0.15) is 29.9 Å². The van der Waals surface area contributed by atoms with E-state index in [0.717, 1.165) is 16.8 Å². The second kappa shape index (κ2) is 6.04. The fourth-order valence-electron chi connectivity index (χ4n) is 2.82. The number of aryl methyl sites for hydroxylation is 1. The van der Waals surface area contributed by atoms with Crippen LogP contribution < -0.4 is 5.32 Å². The SMILES string of the molecule is CCNC(c1ccoc1C)c1ccc(Br)c2ccccc12. The smallest absolute Gasteiger partial charge is 0.105 e. The molecule has 1 N–H and O–H groups in total. The van der Waals surface area contributed by atoms with E-state index in [0.29, 0.717) is 0 Å². The molecule has 108 valence electrons. The fourth-order valence-corrected chi connectivity index (χ4v) is 3.30. The minimum Gasteiger partial charge on any atom is -0.469 e. The van der Waals surface area contributed by atoms with Crippen molar-refractivity contribution in [2.75, 3.05) is 6.54 Å². The van der Waals surface area contributed by atoms with Gasteiger partial charge < -0.3 is 9.73 Å². The van der Waals surface area contributed by atoms with Crippen molar-refractivity contribution in [3.63, 3.8) is 0 Å². The third kappa shape index (κ3) is 2.63. The Labute approximate surface area is 133 Å². The molecule has 0 radical (unpaired) electrons. The average Bonchev–Trinajstić information content (AvgIpc) is 2.92. The van der Waals surface area contributed by atoms with Gasteiger partial charge in [-0.1, -0.05) is 53.2 Å². The van der Waals surface area contributed by atoms with Crippen LogP contribution in [0.5, 0.6) is 0 Å². The molecule has 1 unspecified atom stereocenters. The van der Waals surface area contributed by atoms with Gasteiger partial charge in [0, 0.05) is 10.0 Å². The largest absolute Gasteiger partial charge is 0.469 e. The van der Waals surface area contributed by atoms with Gasteiger partial charge in [-0.15, -0.1) is 0 Å². The van der Waals surface area contributed by atoms with Crippen molar-refractivity contribution in [1.82, 2.24) is 5.32 Å². The summed E-state index contributed by atoms with van der Waals surface area (Å²) in [6, 6.07) is 15.0. The molecule has 3 heteroatoms. The quantitative estimate of drug-likeness (QED) is 0.703. The Morgan fingerprint density at radius 2 is 1.81 bits per heavy atom. The Bertz CT molecular complexity index is 763. The first-order chi connectivity index (χ1) is 10.2. The van der Waals surface area contributed by atoms with Crippen LogP contribution in [0.2, 0.25) is 0 Å². The summed E-state index contributed by atoms with van der Waals surface area (Å²) in [5.41, 5.74) is 2.48. The maximum Gasteiger partial charge on any atom is 0.105 e. The Morgan fingerprint density at radius 1 is 1.05 bits per heavy atom. The van der Waals surface area contributed by atoms with Gasteiger partial charge in [-0.25, -0.2) is 0 Å². The lowest BCUT2D eigenvalue weighted by Crippen LogP contribution is -2.22. The van der Waals surface area contributed by atoms with E-state index in [9.17, 15) is 0 Å². The van der Waals surface area contributed by atoms with E-state index in [2.05, 4.69) is 70.6 Å². The number of fused-ring (bicyclic) bond motifs is 1. The van der Waals surface area contributed by atoms with Crippen molar-refractivity contribution in [2.24, 2.45) is 0 Å². The molecular formula is C18H18BrNO. The number of halogens is 1. The summed E-state index contributed by atoms with van der Waals surface area (Å²) in [6.45, 7) is 5.05. The molecule has 0 spiro atoms. The Morgan fingerprint density at radius 3 is 2.48 bits per heavy atom. The molecule has 1 aromatic heterocycles. The highest BCUT2D eigenvalue weighted by molar-refractivity contribution is 9.10. The van der Waals surface area contributed by atoms with Gasteiger partial charge in [0.05, 0.1) is 12.3 Å². The van der Waals surface area contributed by atoms with Crippen molar-refractivity contribution in [3.8, 4) is 0 Å². The summed E-state index contributed by atoms with van der Waals surface area (Å²) in [6.07, 6.45) is 1.76. The fraction of sp³-hybridized carbons (Fsp3) is 0.222. The van der Waals surface area contributed by atoms with Crippen LogP contribution in [0.15, 0.2) is 57.6 Å². The lowest BCUT2D eigenvalue weighted by atomic mass is 9.94. The molecule has 3 rings (SSSR count). The normalized spacial score (nSPS) is 12.7. The predicted octanol–water partition coefficient (Wildman–Crippen LogP) is 5.20. The second-order valence-electron chi connectivity index (χ2n) is 5.11. The summed E-state index contributed by atoms with van der Waals surface area (Å²) >= 11 is 3.64. The topological polar surface area (TPSA) is 25.2 Å². The first-order valence-electron chi connectivity index (χ1n) is 7.17. The van der Waals surface area contributed by atoms with E-state index in [1.54, 1.807) is 6.26 Å². The third-order valence-corrected chi connectivity index (χ3v) is 4.53. The van der Waals surface area contributed by atoms with Crippen LogP contribution in [0.25, 0.3) is 10.8 Å². The van der Waals surface area contributed by atoms with Crippen LogP contribution in [0.3, 0.4) is 0 Å². The van der Waals surface area contributed by atoms with Crippen LogP contribution in [0.4, 0.5) is 0 Å². The molecule has 0 aliphatic carbocycles. The maximum absolute atomic E-state index is 5.50. The molecule has 2 nitrogen and oxygen atoms in total. The molecule has 0 aliphatic rings. The van der Waals surface area contributed by atoms with Gasteiger partial charge in [0.15, 0.2) is 0 Å². The highest BCUT2D eigenvalue weighted by atomic mass is 79.9. The number of benzene rings is 2. The Balaban J connectivity index is 2.21. The summed E-state index contributed by atoms with van der Waals surface area (Å²) in [4.78, 5) is 0. The minimum atomic E-state index is 0.145. The first kappa shape index (κ1) is 14.4. The number of nitrogens with one attached hydrogen (secondary N) is 1. The number of hydrogen-bond acceptors (Lipinski definition) is 2. The second-order valence-corrected chi connectivity index (χ2v) is 5.96. The van der Waals surface area contributed by atoms with Crippen LogP contribution >= 0.6 is 15.9 Å². The zero-order valence-electron chi connectivity index (χ0n) is 12.2. The first-order valence-corrected chi connectivity index (χ1v) is 7.96. The van der Waals surface area contributed by atoms with E-state index >= 15 is 0 Å². The highest BCUT2D eigenvalue weighted by Crippen LogP contribution is 2.34. The molecule has 0 amide bonds. The van der Waals surface area contributed by atoms with Gasteiger partial charge in [0.1, 0.15) is 5.76 Å². The summed E-state index contributed by atoms with van der Waals surface area (Å²) in [5.74, 6) is 0.966. The zero-order valence-corrected chi connectivity index (χ0v) is 13.8. The minimum absolute atomic E-state index is 0.145. The average molecular weight is 344 g/mol. The molecule has 1 atom stereocenters. The third-order valence-electron chi connectivity index (χ3n) is 3.83. The van der Waals surface area contributed by atoms with Crippen molar-refractivity contribution in [2.45, 2.75) is 19.9 Å². The van der Waals surface area contributed by atoms with Gasteiger partial charge in [0.2, 0.25) is 0 Å². The monoisotopic (exact) mass is 343 g/mol. The Hall–Kier alpha value is -1.58. The molecule has 0 fully saturated rings. The van der Waals surface area contributed by atoms with E-state index in [4.69, 9.17) is 4.42 Å². The predicted molar refractivity (Wildman–Crippen MR) is 90.6 cm³/mol. The van der Waals surface area contributed by atoms with Crippen LogP contribution in [0, 0.1) is 6.92 Å². The maximum atomic E-state index is 5.50. The highest BCUT2D eigenvalue weighted by Gasteiger charge is 2.19. The Kier molecular flexibility index (Phi) is 4.13. The summed E-state index contributed by atoms with van der Waals surface area (Å²) in [5, 5.41) is 6.08. The van der Waals surface area contributed by atoms with E-state index in [1.807, 2.05) is 6.92 Å². The number of rotatable bonds is 4. The van der Waals surface area contributed by atoms with Gasteiger partial charge in [-0.2, -0.15) is 0 Å². The molecule has 2 aromatic carbocycles. The number of furan rings is 1. The molecule has 0 saturated carbocycles. The lowest BCUT2D eigenvalue weighted by Gasteiger charge is -2.20. The molecule has 0 aliphatic heterocycles. The van der Waals surface area contributed by atoms with Crippen molar-refractivity contribution in [1.29, 1.82) is 0 Å². The molecule has 0 saturated heterocycles. The molecule has 3 aromatic rings. The number of hydrogen-bond donors (Lipinski definition) is 1. The van der Waals surface area contributed by atoms with Gasteiger partial charge >= 0.3 is 0 Å². The molecule has 1 heterocycles. The van der Waals surface area contributed by atoms with Crippen LogP contribution in [-0.4, -0.2) is 6.54 Å². The van der Waals surface area contributed by atoms with E-state index in [-0.39, 0.29) is 6.04 Å². The zero-order chi connectivity index (χ0) is 14.8. The lowest BCUT2D eigenvalue weighted by molar-refractivity contribution is 0.520. The van der Waals surface area contributed by atoms with Crippen molar-refractivity contribution in [3.05, 3.63) is 70.1 Å². The standard InChI is InChI=1S/C18H18BrNO/c1-3-20-18(13-10-11-21-12(13)2)16-8-9-17(19)15-7-5-4-6-14(15)16/h4-11,18,20H,3H2,1-2H3. The van der Waals surface area contributed by atoms with Gasteiger partial charge in [-0.3, -0.25) is 0 Å². The summed E-state index contributed by atoms with van der Waals surface area (Å²) < 4.78 is 6.63. The molecular weight excluding hydrogens is 326 g/mol. The van der Waals surface area contributed by atoms with Crippen LogP contribution in [-0.2, 0) is 0 Å². The van der Waals surface area contributed by atoms with Gasteiger partial charge in [0.25, 0.3) is 0 Å². The van der Waals surface area contributed by atoms with Crippen molar-refractivity contribution < 1.29 is 4.42 Å². The summed E-state index contributed by atoms with van der Waals surface area (Å²) in [7, 11) is 0. The van der Waals surface area contributed by atoms with Gasteiger partial charge in [-0.05, 0) is 41.9 Å². The van der Waals surface area contributed by atoms with E-state index < -0.39 is 0 Å². The molecule has 0 bridgehead atoms.